The Balaban J connectivity index is 1.64. The fourth-order valence-electron chi connectivity index (χ4n) is 5.49. The van der Waals surface area contributed by atoms with Gasteiger partial charge in [-0.05, 0) is 71.6 Å². The van der Waals surface area contributed by atoms with Gasteiger partial charge < -0.3 is 4.74 Å². The summed E-state index contributed by atoms with van der Waals surface area (Å²) in [5.41, 5.74) is 0.479. The summed E-state index contributed by atoms with van der Waals surface area (Å²) in [5.74, 6) is 1.15. The van der Waals surface area contributed by atoms with E-state index < -0.39 is 0 Å². The fourth-order valence-corrected chi connectivity index (χ4v) is 5.49. The second kappa shape index (κ2) is 5.84. The van der Waals surface area contributed by atoms with E-state index in [1.54, 1.807) is 0 Å². The van der Waals surface area contributed by atoms with Crippen LogP contribution in [0.15, 0.2) is 54.6 Å². The third-order valence-corrected chi connectivity index (χ3v) is 6.79. The van der Waals surface area contributed by atoms with Crippen molar-refractivity contribution in [3.05, 3.63) is 60.2 Å². The average Bonchev–Trinajstić information content (AvgIpc) is 3.27. The summed E-state index contributed by atoms with van der Waals surface area (Å²) < 4.78 is 6.35. The minimum atomic E-state index is -0.252. The van der Waals surface area contributed by atoms with Gasteiger partial charge in [0.15, 0.2) is 0 Å². The number of esters is 1. The van der Waals surface area contributed by atoms with Gasteiger partial charge in [-0.2, -0.15) is 0 Å². The second-order valence-corrected chi connectivity index (χ2v) is 8.08. The number of carbonyl (C=O) groups excluding carboxylic acids is 1. The van der Waals surface area contributed by atoms with Gasteiger partial charge in [0.05, 0.1) is 5.56 Å². The molecule has 0 unspecified atom stereocenters. The Hall–Kier alpha value is -2.35. The SMILES string of the molecule is CC[C@]1(OC(=O)c2c3ccccc3cc3ccccc23)C[C@H]2CC[C@@H]1C2. The first-order valence-electron chi connectivity index (χ1n) is 9.84. The van der Waals surface area contributed by atoms with E-state index in [-0.39, 0.29) is 11.6 Å². The van der Waals surface area contributed by atoms with E-state index in [2.05, 4.69) is 25.1 Å². The zero-order valence-electron chi connectivity index (χ0n) is 15.2. The minimum Gasteiger partial charge on any atom is -0.455 e. The van der Waals surface area contributed by atoms with Crippen molar-refractivity contribution in [1.82, 2.24) is 0 Å². The average molecular weight is 344 g/mol. The quantitative estimate of drug-likeness (QED) is 0.423. The Morgan fingerprint density at radius 1 is 1.04 bits per heavy atom. The summed E-state index contributed by atoms with van der Waals surface area (Å²) in [7, 11) is 0. The third-order valence-electron chi connectivity index (χ3n) is 6.79. The molecule has 2 bridgehead atoms. The number of rotatable bonds is 3. The predicted octanol–water partition coefficient (Wildman–Crippen LogP) is 6.12. The second-order valence-electron chi connectivity index (χ2n) is 8.08. The molecule has 0 radical (unpaired) electrons. The van der Waals surface area contributed by atoms with Crippen LogP contribution in [-0.2, 0) is 4.74 Å². The molecule has 132 valence electrons. The Morgan fingerprint density at radius 2 is 1.69 bits per heavy atom. The smallest absolute Gasteiger partial charge is 0.339 e. The zero-order valence-corrected chi connectivity index (χ0v) is 15.2. The highest BCUT2D eigenvalue weighted by Gasteiger charge is 2.52. The first-order chi connectivity index (χ1) is 12.7. The first kappa shape index (κ1) is 15.9. The Labute approximate surface area is 154 Å². The van der Waals surface area contributed by atoms with E-state index in [9.17, 15) is 4.79 Å². The molecule has 2 nitrogen and oxygen atoms in total. The lowest BCUT2D eigenvalue weighted by atomic mass is 9.82. The van der Waals surface area contributed by atoms with Gasteiger partial charge in [-0.25, -0.2) is 4.79 Å². The first-order valence-corrected chi connectivity index (χ1v) is 9.84. The van der Waals surface area contributed by atoms with Gasteiger partial charge in [0.2, 0.25) is 0 Å². The van der Waals surface area contributed by atoms with E-state index in [0.29, 0.717) is 5.92 Å². The predicted molar refractivity (Wildman–Crippen MR) is 105 cm³/mol. The molecule has 26 heavy (non-hydrogen) atoms. The topological polar surface area (TPSA) is 26.3 Å². The molecule has 0 saturated heterocycles. The molecule has 2 saturated carbocycles. The number of benzene rings is 3. The molecule has 2 aliphatic carbocycles. The van der Waals surface area contributed by atoms with Crippen molar-refractivity contribution in [2.45, 2.75) is 44.6 Å². The van der Waals surface area contributed by atoms with Crippen LogP contribution in [0.5, 0.6) is 0 Å². The van der Waals surface area contributed by atoms with Crippen molar-refractivity contribution in [2.75, 3.05) is 0 Å². The van der Waals surface area contributed by atoms with Gasteiger partial charge in [-0.1, -0.05) is 55.5 Å². The number of ether oxygens (including phenoxy) is 1. The van der Waals surface area contributed by atoms with Crippen molar-refractivity contribution in [3.63, 3.8) is 0 Å². The van der Waals surface area contributed by atoms with E-state index in [0.717, 1.165) is 45.9 Å². The molecule has 0 aromatic heterocycles. The van der Waals surface area contributed by atoms with Crippen LogP contribution in [-0.4, -0.2) is 11.6 Å². The van der Waals surface area contributed by atoms with Gasteiger partial charge >= 0.3 is 5.97 Å². The lowest BCUT2D eigenvalue weighted by molar-refractivity contribution is -0.0503. The van der Waals surface area contributed by atoms with Crippen LogP contribution in [0.2, 0.25) is 0 Å². The number of hydrogen-bond acceptors (Lipinski definition) is 2. The fraction of sp³-hybridized carbons (Fsp3) is 0.375. The summed E-state index contributed by atoms with van der Waals surface area (Å²) in [4.78, 5) is 13.4. The summed E-state index contributed by atoms with van der Waals surface area (Å²) in [5, 5.41) is 4.17. The molecule has 2 aliphatic rings. The molecule has 2 heteroatoms. The summed E-state index contributed by atoms with van der Waals surface area (Å²) >= 11 is 0. The molecule has 5 rings (SSSR count). The molecule has 0 amide bonds. The maximum atomic E-state index is 13.4. The largest absolute Gasteiger partial charge is 0.455 e. The summed E-state index contributed by atoms with van der Waals surface area (Å²) in [6.45, 7) is 2.18. The van der Waals surface area contributed by atoms with E-state index in [1.165, 1.54) is 19.3 Å². The van der Waals surface area contributed by atoms with Crippen molar-refractivity contribution >= 4 is 27.5 Å². The summed E-state index contributed by atoms with van der Waals surface area (Å²) in [6.07, 6.45) is 5.71. The highest BCUT2D eigenvalue weighted by molar-refractivity contribution is 6.16. The monoisotopic (exact) mass is 344 g/mol. The standard InChI is InChI=1S/C24H24O2/c1-2-24(15-16-11-12-19(24)13-16)26-23(25)22-20-9-5-3-7-17(20)14-18-8-4-6-10-21(18)22/h3-10,14,16,19H,2,11-13,15H2,1H3/t16-,19+,24-/m0/s1. The third kappa shape index (κ3) is 2.28. The molecular weight excluding hydrogens is 320 g/mol. The van der Waals surface area contributed by atoms with Crippen LogP contribution in [0.25, 0.3) is 21.5 Å². The van der Waals surface area contributed by atoms with Crippen molar-refractivity contribution in [3.8, 4) is 0 Å². The number of carbonyl (C=O) groups is 1. The number of hydrogen-bond donors (Lipinski definition) is 0. The van der Waals surface area contributed by atoms with Crippen LogP contribution in [0.1, 0.15) is 49.4 Å². The normalized spacial score (nSPS) is 27.3. The van der Waals surface area contributed by atoms with E-state index in [4.69, 9.17) is 4.74 Å². The van der Waals surface area contributed by atoms with E-state index >= 15 is 0 Å². The minimum absolute atomic E-state index is 0.146. The molecular formula is C24H24O2. The van der Waals surface area contributed by atoms with Gasteiger partial charge in [-0.3, -0.25) is 0 Å². The highest BCUT2D eigenvalue weighted by atomic mass is 16.6. The van der Waals surface area contributed by atoms with Crippen LogP contribution in [0.3, 0.4) is 0 Å². The lowest BCUT2D eigenvalue weighted by Crippen LogP contribution is -2.40. The number of fused-ring (bicyclic) bond motifs is 4. The molecule has 0 N–H and O–H groups in total. The summed E-state index contributed by atoms with van der Waals surface area (Å²) in [6, 6.07) is 18.4. The molecule has 3 aromatic carbocycles. The van der Waals surface area contributed by atoms with Crippen LogP contribution in [0.4, 0.5) is 0 Å². The van der Waals surface area contributed by atoms with Crippen LogP contribution in [0, 0.1) is 11.8 Å². The van der Waals surface area contributed by atoms with Crippen LogP contribution >= 0.6 is 0 Å². The van der Waals surface area contributed by atoms with Crippen molar-refractivity contribution < 1.29 is 9.53 Å². The van der Waals surface area contributed by atoms with Crippen molar-refractivity contribution in [1.29, 1.82) is 0 Å². The van der Waals surface area contributed by atoms with E-state index in [1.807, 2.05) is 36.4 Å². The van der Waals surface area contributed by atoms with Crippen LogP contribution < -0.4 is 0 Å². The molecule has 2 fully saturated rings. The van der Waals surface area contributed by atoms with Gasteiger partial charge in [-0.15, -0.1) is 0 Å². The maximum Gasteiger partial charge on any atom is 0.339 e. The molecule has 3 aromatic rings. The lowest BCUT2D eigenvalue weighted by Gasteiger charge is -2.36. The van der Waals surface area contributed by atoms with Crippen molar-refractivity contribution in [2.24, 2.45) is 11.8 Å². The van der Waals surface area contributed by atoms with Gasteiger partial charge in [0.1, 0.15) is 5.60 Å². The highest BCUT2D eigenvalue weighted by Crippen LogP contribution is 2.54. The zero-order chi connectivity index (χ0) is 17.7. The molecule has 3 atom stereocenters. The van der Waals surface area contributed by atoms with Gasteiger partial charge in [0.25, 0.3) is 0 Å². The maximum absolute atomic E-state index is 13.4. The Kier molecular flexibility index (Phi) is 3.56. The molecule has 0 heterocycles. The Morgan fingerprint density at radius 3 is 2.23 bits per heavy atom. The molecule has 0 spiro atoms. The van der Waals surface area contributed by atoms with Gasteiger partial charge in [0, 0.05) is 0 Å². The Bertz CT molecular complexity index is 951. The molecule has 0 aliphatic heterocycles.